The van der Waals surface area contributed by atoms with Gasteiger partial charge in [-0.3, -0.25) is 0 Å². The van der Waals surface area contributed by atoms with Crippen molar-refractivity contribution in [1.29, 1.82) is 0 Å². The van der Waals surface area contributed by atoms with Crippen molar-refractivity contribution in [3.05, 3.63) is 59.4 Å². The van der Waals surface area contributed by atoms with Crippen LogP contribution >= 0.6 is 27.7 Å². The minimum absolute atomic E-state index is 0.158. The van der Waals surface area contributed by atoms with Gasteiger partial charge in [-0.25, -0.2) is 4.39 Å². The first kappa shape index (κ1) is 14.4. The molecule has 0 aliphatic heterocycles. The Morgan fingerprint density at radius 1 is 1.16 bits per heavy atom. The van der Waals surface area contributed by atoms with Gasteiger partial charge >= 0.3 is 0 Å². The number of hydrogen-bond acceptors (Lipinski definition) is 2. The lowest BCUT2D eigenvalue weighted by Crippen LogP contribution is -1.97. The molecule has 0 N–H and O–H groups in total. The van der Waals surface area contributed by atoms with E-state index in [-0.39, 0.29) is 10.6 Å². The highest BCUT2D eigenvalue weighted by atomic mass is 79.9. The smallest absolute Gasteiger partial charge is 0.131 e. The summed E-state index contributed by atoms with van der Waals surface area (Å²) < 4.78 is 19.0. The molecule has 0 radical (unpaired) electrons. The van der Waals surface area contributed by atoms with Crippen LogP contribution in [0.2, 0.25) is 0 Å². The fraction of sp³-hybridized carbons (Fsp3) is 0.200. The molecule has 0 fully saturated rings. The molecule has 0 heterocycles. The van der Waals surface area contributed by atoms with Crippen molar-refractivity contribution in [3.8, 4) is 5.75 Å². The third kappa shape index (κ3) is 3.31. The maximum atomic E-state index is 14.0. The standard InChI is InChI=1S/C15H14BrFOS/c1-18-11-5-8-13(14(17)9-11)15(16)10-3-6-12(19-2)7-4-10/h3-9,15H,1-2H3. The van der Waals surface area contributed by atoms with Gasteiger partial charge in [0.1, 0.15) is 11.6 Å². The lowest BCUT2D eigenvalue weighted by Gasteiger charge is -2.13. The molecule has 1 atom stereocenters. The van der Waals surface area contributed by atoms with Gasteiger partial charge in [0.2, 0.25) is 0 Å². The Bertz CT molecular complexity index is 557. The van der Waals surface area contributed by atoms with Crippen LogP contribution in [0.5, 0.6) is 5.75 Å². The molecule has 0 saturated heterocycles. The van der Waals surface area contributed by atoms with E-state index in [1.807, 2.05) is 30.5 Å². The van der Waals surface area contributed by atoms with Crippen LogP contribution in [0.25, 0.3) is 0 Å². The number of alkyl halides is 1. The summed E-state index contributed by atoms with van der Waals surface area (Å²) in [5.74, 6) is 0.258. The number of halogens is 2. The fourth-order valence-electron chi connectivity index (χ4n) is 1.79. The molecule has 0 aromatic heterocycles. The first-order valence-electron chi connectivity index (χ1n) is 5.77. The first-order chi connectivity index (χ1) is 9.15. The number of ether oxygens (including phenoxy) is 1. The first-order valence-corrected chi connectivity index (χ1v) is 7.91. The summed E-state index contributed by atoms with van der Waals surface area (Å²) in [6, 6.07) is 13.0. The second-order valence-corrected chi connectivity index (χ2v) is 5.82. The number of thioether (sulfide) groups is 1. The topological polar surface area (TPSA) is 9.23 Å². The molecule has 0 saturated carbocycles. The van der Waals surface area contributed by atoms with Gasteiger partial charge in [0.25, 0.3) is 0 Å². The molecule has 2 aromatic rings. The molecule has 1 unspecified atom stereocenters. The summed E-state index contributed by atoms with van der Waals surface area (Å²) in [6.07, 6.45) is 2.03. The van der Waals surface area contributed by atoms with E-state index < -0.39 is 0 Å². The van der Waals surface area contributed by atoms with Crippen molar-refractivity contribution in [2.75, 3.05) is 13.4 Å². The molecule has 0 spiro atoms. The molecule has 19 heavy (non-hydrogen) atoms. The minimum atomic E-state index is -0.268. The van der Waals surface area contributed by atoms with Crippen LogP contribution in [-0.4, -0.2) is 13.4 Å². The minimum Gasteiger partial charge on any atom is -0.497 e. The highest BCUT2D eigenvalue weighted by Crippen LogP contribution is 2.34. The van der Waals surface area contributed by atoms with E-state index in [9.17, 15) is 4.39 Å². The number of benzene rings is 2. The number of methoxy groups -OCH3 is 1. The molecule has 0 bridgehead atoms. The molecule has 0 amide bonds. The molecule has 0 aliphatic rings. The number of hydrogen-bond donors (Lipinski definition) is 0. The second kappa shape index (κ2) is 6.44. The van der Waals surface area contributed by atoms with Crippen LogP contribution in [0.15, 0.2) is 47.4 Å². The monoisotopic (exact) mass is 340 g/mol. The summed E-state index contributed by atoms with van der Waals surface area (Å²) in [5.41, 5.74) is 1.64. The Labute approximate surface area is 125 Å². The lowest BCUT2D eigenvalue weighted by molar-refractivity contribution is 0.411. The zero-order valence-electron chi connectivity index (χ0n) is 10.7. The van der Waals surface area contributed by atoms with Crippen LogP contribution in [0.3, 0.4) is 0 Å². The van der Waals surface area contributed by atoms with Gasteiger partial charge in [0.15, 0.2) is 0 Å². The summed E-state index contributed by atoms with van der Waals surface area (Å²) in [6.45, 7) is 0. The quantitative estimate of drug-likeness (QED) is 0.569. The van der Waals surface area contributed by atoms with Crippen LogP contribution in [0, 0.1) is 5.82 Å². The Morgan fingerprint density at radius 3 is 2.37 bits per heavy atom. The van der Waals surface area contributed by atoms with Crippen molar-refractivity contribution in [1.82, 2.24) is 0 Å². The zero-order chi connectivity index (χ0) is 13.8. The number of rotatable bonds is 4. The molecule has 2 aromatic carbocycles. The molecule has 0 aliphatic carbocycles. The van der Waals surface area contributed by atoms with Crippen molar-refractivity contribution in [2.45, 2.75) is 9.72 Å². The molecule has 2 rings (SSSR count). The average Bonchev–Trinajstić information content (AvgIpc) is 2.46. The molecule has 100 valence electrons. The molecular formula is C15H14BrFOS. The Morgan fingerprint density at radius 2 is 1.84 bits per heavy atom. The third-order valence-electron chi connectivity index (χ3n) is 2.89. The molecular weight excluding hydrogens is 327 g/mol. The van der Waals surface area contributed by atoms with Crippen molar-refractivity contribution < 1.29 is 9.13 Å². The largest absolute Gasteiger partial charge is 0.497 e. The second-order valence-electron chi connectivity index (χ2n) is 4.02. The third-order valence-corrected chi connectivity index (χ3v) is 4.65. The van der Waals surface area contributed by atoms with Gasteiger partial charge in [0.05, 0.1) is 11.9 Å². The maximum Gasteiger partial charge on any atom is 0.131 e. The Balaban J connectivity index is 2.29. The van der Waals surface area contributed by atoms with Crippen LogP contribution in [0.4, 0.5) is 4.39 Å². The highest BCUT2D eigenvalue weighted by Gasteiger charge is 2.15. The van der Waals surface area contributed by atoms with Gasteiger partial charge in [-0.1, -0.05) is 34.1 Å². The van der Waals surface area contributed by atoms with Crippen molar-refractivity contribution in [2.24, 2.45) is 0 Å². The van der Waals surface area contributed by atoms with Crippen LogP contribution in [-0.2, 0) is 0 Å². The normalized spacial score (nSPS) is 12.2. The maximum absolute atomic E-state index is 14.0. The predicted octanol–water partition coefficient (Wildman–Crippen LogP) is 5.04. The summed E-state index contributed by atoms with van der Waals surface area (Å²) >= 11 is 5.24. The van der Waals surface area contributed by atoms with E-state index in [2.05, 4.69) is 15.9 Å². The van der Waals surface area contributed by atoms with Gasteiger partial charge in [0, 0.05) is 16.5 Å². The van der Waals surface area contributed by atoms with Gasteiger partial charge < -0.3 is 4.74 Å². The van der Waals surface area contributed by atoms with E-state index in [1.54, 1.807) is 23.9 Å². The highest BCUT2D eigenvalue weighted by molar-refractivity contribution is 9.09. The Hall–Kier alpha value is -1.00. The Kier molecular flexibility index (Phi) is 4.88. The average molecular weight is 341 g/mol. The summed E-state index contributed by atoms with van der Waals surface area (Å²) in [5, 5.41) is 0. The zero-order valence-corrected chi connectivity index (χ0v) is 13.1. The van der Waals surface area contributed by atoms with E-state index in [4.69, 9.17) is 4.74 Å². The van der Waals surface area contributed by atoms with E-state index >= 15 is 0 Å². The lowest BCUT2D eigenvalue weighted by atomic mass is 10.0. The van der Waals surface area contributed by atoms with E-state index in [1.165, 1.54) is 18.1 Å². The van der Waals surface area contributed by atoms with Crippen molar-refractivity contribution in [3.63, 3.8) is 0 Å². The van der Waals surface area contributed by atoms with Gasteiger partial charge in [-0.2, -0.15) is 0 Å². The molecule has 1 nitrogen and oxygen atoms in total. The SMILES string of the molecule is COc1ccc(C(Br)c2ccc(SC)cc2)c(F)c1. The van der Waals surface area contributed by atoms with E-state index in [0.29, 0.717) is 11.3 Å². The summed E-state index contributed by atoms with van der Waals surface area (Å²) in [4.78, 5) is 1.04. The van der Waals surface area contributed by atoms with Gasteiger partial charge in [-0.05, 0) is 30.0 Å². The van der Waals surface area contributed by atoms with Crippen LogP contribution < -0.4 is 4.74 Å². The van der Waals surface area contributed by atoms with Crippen LogP contribution in [0.1, 0.15) is 16.0 Å². The van der Waals surface area contributed by atoms with E-state index in [0.717, 1.165) is 5.56 Å². The predicted molar refractivity (Wildman–Crippen MR) is 81.9 cm³/mol. The van der Waals surface area contributed by atoms with Crippen molar-refractivity contribution >= 4 is 27.7 Å². The molecule has 4 heteroatoms. The fourth-order valence-corrected chi connectivity index (χ4v) is 2.88. The summed E-state index contributed by atoms with van der Waals surface area (Å²) in [7, 11) is 1.53. The van der Waals surface area contributed by atoms with Gasteiger partial charge in [-0.15, -0.1) is 11.8 Å².